The van der Waals surface area contributed by atoms with Crippen molar-refractivity contribution in [3.8, 4) is 17.3 Å². The Balaban J connectivity index is 1.13. The summed E-state index contributed by atoms with van der Waals surface area (Å²) >= 11 is 1.29. The molecule has 4 aromatic rings. The number of pyridine rings is 1. The van der Waals surface area contributed by atoms with Crippen molar-refractivity contribution in [1.82, 2.24) is 29.5 Å². The van der Waals surface area contributed by atoms with Crippen molar-refractivity contribution in [2.45, 2.75) is 39.3 Å². The van der Waals surface area contributed by atoms with Crippen LogP contribution in [0, 0.1) is 29.5 Å². The third-order valence-electron chi connectivity index (χ3n) is 9.23. The molecule has 7 rings (SSSR count). The molecule has 6 heterocycles. The highest BCUT2D eigenvalue weighted by Gasteiger charge is 2.48. The molecular formula is C31H34FN9O2S. The summed E-state index contributed by atoms with van der Waals surface area (Å²) in [7, 11) is 1.92. The molecule has 11 nitrogen and oxygen atoms in total. The monoisotopic (exact) mass is 615 g/mol. The Labute approximate surface area is 258 Å². The Morgan fingerprint density at radius 2 is 1.89 bits per heavy atom. The van der Waals surface area contributed by atoms with Crippen LogP contribution >= 0.6 is 11.3 Å². The van der Waals surface area contributed by atoms with Gasteiger partial charge in [-0.05, 0) is 57.0 Å². The van der Waals surface area contributed by atoms with Crippen molar-refractivity contribution in [3.05, 3.63) is 46.7 Å². The molecular weight excluding hydrogens is 581 g/mol. The number of β-amino-alcohol motifs (C(OH)–C–C–N with tert-alkyl or cyclic N) is 1. The maximum absolute atomic E-state index is 13.6. The molecule has 3 aliphatic rings. The zero-order chi connectivity index (χ0) is 30.7. The quantitative estimate of drug-likeness (QED) is 0.352. The van der Waals surface area contributed by atoms with Gasteiger partial charge in [0.1, 0.15) is 28.3 Å². The normalized spacial score (nSPS) is 18.0. The zero-order valence-electron chi connectivity index (χ0n) is 25.0. The molecule has 0 unspecified atom stereocenters. The van der Waals surface area contributed by atoms with Gasteiger partial charge in [-0.25, -0.2) is 23.8 Å². The van der Waals surface area contributed by atoms with E-state index in [1.807, 2.05) is 35.4 Å². The van der Waals surface area contributed by atoms with Crippen molar-refractivity contribution in [1.29, 1.82) is 5.26 Å². The Morgan fingerprint density at radius 1 is 1.18 bits per heavy atom. The van der Waals surface area contributed by atoms with E-state index in [0.717, 1.165) is 61.6 Å². The molecule has 1 spiro atoms. The molecule has 228 valence electrons. The van der Waals surface area contributed by atoms with E-state index in [1.165, 1.54) is 23.5 Å². The van der Waals surface area contributed by atoms with Crippen LogP contribution in [0.15, 0.2) is 30.3 Å². The highest BCUT2D eigenvalue weighted by Crippen LogP contribution is 2.44. The van der Waals surface area contributed by atoms with E-state index in [0.29, 0.717) is 46.5 Å². The number of rotatable bonds is 5. The maximum atomic E-state index is 13.6. The Morgan fingerprint density at radius 3 is 2.52 bits per heavy atom. The van der Waals surface area contributed by atoms with E-state index >= 15 is 0 Å². The highest BCUT2D eigenvalue weighted by molar-refractivity contribution is 7.16. The number of thiazole rings is 1. The van der Waals surface area contributed by atoms with E-state index < -0.39 is 0 Å². The predicted octanol–water partition coefficient (Wildman–Crippen LogP) is 4.36. The third kappa shape index (κ3) is 4.73. The molecule has 0 bridgehead atoms. The van der Waals surface area contributed by atoms with Gasteiger partial charge >= 0.3 is 6.03 Å². The molecule has 3 aromatic heterocycles. The number of piperidine rings is 1. The van der Waals surface area contributed by atoms with Crippen LogP contribution in [0.3, 0.4) is 0 Å². The minimum absolute atomic E-state index is 0.0466. The fourth-order valence-electron chi connectivity index (χ4n) is 6.69. The molecule has 0 aliphatic carbocycles. The standard InChI is InChI=1S/C31H34FN9O2S/c1-4-41-28(37(3)29-35-26(25(14-33)44-29)20-5-7-21(32)8-6-20)23-13-24(19(2)34-27(23)36-41)38-11-9-31(10-12-38)17-40(18-31)30(43)39-15-22(42)16-39/h5-8,13,22,42H,4,9-12,15-18H2,1-3H3. The smallest absolute Gasteiger partial charge is 0.320 e. The first kappa shape index (κ1) is 28.5. The molecule has 3 saturated heterocycles. The Hall–Kier alpha value is -4.28. The number of hydrogen-bond acceptors (Lipinski definition) is 9. The van der Waals surface area contributed by atoms with Gasteiger partial charge in [0.25, 0.3) is 0 Å². The van der Waals surface area contributed by atoms with Gasteiger partial charge in [0.2, 0.25) is 0 Å². The number of aliphatic hydroxyl groups excluding tert-OH is 1. The summed E-state index contributed by atoms with van der Waals surface area (Å²) in [6.07, 6.45) is 1.62. The third-order valence-corrected chi connectivity index (χ3v) is 10.3. The van der Waals surface area contributed by atoms with Crippen molar-refractivity contribution in [2.75, 3.05) is 56.1 Å². The number of hydrogen-bond donors (Lipinski definition) is 1. The largest absolute Gasteiger partial charge is 0.389 e. The number of benzene rings is 1. The number of aromatic nitrogens is 4. The van der Waals surface area contributed by atoms with Crippen molar-refractivity contribution < 1.29 is 14.3 Å². The van der Waals surface area contributed by atoms with Crippen LogP contribution in [0.1, 0.15) is 30.3 Å². The van der Waals surface area contributed by atoms with Gasteiger partial charge in [-0.3, -0.25) is 0 Å². The number of carbonyl (C=O) groups excluding carboxylic acids is 1. The van der Waals surface area contributed by atoms with Crippen molar-refractivity contribution in [3.63, 3.8) is 0 Å². The van der Waals surface area contributed by atoms with Crippen LogP contribution in [0.4, 0.5) is 25.8 Å². The molecule has 44 heavy (non-hydrogen) atoms. The number of nitrogens with zero attached hydrogens (tertiary/aromatic N) is 9. The van der Waals surface area contributed by atoms with Gasteiger partial charge in [-0.1, -0.05) is 11.3 Å². The average molecular weight is 616 g/mol. The number of anilines is 3. The molecule has 1 N–H and O–H groups in total. The minimum Gasteiger partial charge on any atom is -0.389 e. The topological polar surface area (TPSA) is 118 Å². The summed E-state index contributed by atoms with van der Waals surface area (Å²) in [6, 6.07) is 10.5. The average Bonchev–Trinajstić information content (AvgIpc) is 3.59. The second-order valence-electron chi connectivity index (χ2n) is 12.1. The number of likely N-dealkylation sites (tertiary alicyclic amines) is 2. The molecule has 0 saturated carbocycles. The van der Waals surface area contributed by atoms with Crippen LogP contribution in [0.25, 0.3) is 22.3 Å². The van der Waals surface area contributed by atoms with Crippen LogP contribution in [-0.2, 0) is 6.54 Å². The molecule has 3 aliphatic heterocycles. The number of amides is 2. The van der Waals surface area contributed by atoms with E-state index in [-0.39, 0.29) is 23.4 Å². The fourth-order valence-corrected chi connectivity index (χ4v) is 7.54. The Bertz CT molecular complexity index is 1770. The predicted molar refractivity (Wildman–Crippen MR) is 167 cm³/mol. The minimum atomic E-state index is -0.383. The lowest BCUT2D eigenvalue weighted by Crippen LogP contribution is -2.67. The second-order valence-corrected chi connectivity index (χ2v) is 13.1. The summed E-state index contributed by atoms with van der Waals surface area (Å²) in [5.41, 5.74) is 4.03. The highest BCUT2D eigenvalue weighted by atomic mass is 32.1. The molecule has 13 heteroatoms. The zero-order valence-corrected chi connectivity index (χ0v) is 25.8. The van der Waals surface area contributed by atoms with Crippen molar-refractivity contribution >= 4 is 45.0 Å². The first-order valence-corrected chi connectivity index (χ1v) is 15.8. The van der Waals surface area contributed by atoms with Gasteiger partial charge in [-0.2, -0.15) is 10.4 Å². The summed E-state index contributed by atoms with van der Waals surface area (Å²) < 4.78 is 15.5. The molecule has 0 atom stereocenters. The Kier molecular flexibility index (Phi) is 6.93. The van der Waals surface area contributed by atoms with Gasteiger partial charge in [-0.15, -0.1) is 0 Å². The molecule has 3 fully saturated rings. The van der Waals surface area contributed by atoms with Gasteiger partial charge in [0.15, 0.2) is 10.8 Å². The number of urea groups is 1. The first-order chi connectivity index (χ1) is 21.2. The van der Waals surface area contributed by atoms with Gasteiger partial charge in [0.05, 0.1) is 36.0 Å². The van der Waals surface area contributed by atoms with Crippen LogP contribution in [-0.4, -0.2) is 93.1 Å². The first-order valence-electron chi connectivity index (χ1n) is 14.9. The summed E-state index contributed by atoms with van der Waals surface area (Å²) in [5, 5.41) is 25.7. The van der Waals surface area contributed by atoms with E-state index in [1.54, 1.807) is 17.0 Å². The van der Waals surface area contributed by atoms with Crippen LogP contribution in [0.2, 0.25) is 0 Å². The van der Waals surface area contributed by atoms with Crippen LogP contribution in [0.5, 0.6) is 0 Å². The number of fused-ring (bicyclic) bond motifs is 1. The number of aryl methyl sites for hydroxylation is 2. The molecule has 0 radical (unpaired) electrons. The maximum Gasteiger partial charge on any atom is 0.320 e. The molecule has 1 aromatic carbocycles. The lowest BCUT2D eigenvalue weighted by atomic mass is 9.72. The number of nitriles is 1. The fraction of sp³-hybridized carbons (Fsp3) is 0.452. The number of aliphatic hydroxyl groups is 1. The number of halogens is 1. The summed E-state index contributed by atoms with van der Waals surface area (Å²) in [5.74, 6) is 0.506. The SMILES string of the molecule is CCn1nc2nc(C)c(N3CCC4(CC3)CN(C(=O)N3CC(O)C3)C4)cc2c1N(C)c1nc(-c2ccc(F)cc2)c(C#N)s1. The van der Waals surface area contributed by atoms with Gasteiger partial charge < -0.3 is 24.7 Å². The number of carbonyl (C=O) groups is 1. The van der Waals surface area contributed by atoms with Crippen LogP contribution < -0.4 is 9.80 Å². The lowest BCUT2D eigenvalue weighted by molar-refractivity contribution is -0.0311. The summed E-state index contributed by atoms with van der Waals surface area (Å²) in [4.78, 5) is 30.8. The second kappa shape index (κ2) is 10.7. The van der Waals surface area contributed by atoms with Crippen molar-refractivity contribution in [2.24, 2.45) is 5.41 Å². The van der Waals surface area contributed by atoms with E-state index in [4.69, 9.17) is 15.1 Å². The molecule has 2 amide bonds. The van der Waals surface area contributed by atoms with E-state index in [9.17, 15) is 19.6 Å². The van der Waals surface area contributed by atoms with E-state index in [2.05, 4.69) is 17.0 Å². The summed E-state index contributed by atoms with van der Waals surface area (Å²) in [6.45, 7) is 8.87. The lowest BCUT2D eigenvalue weighted by Gasteiger charge is -2.55. The van der Waals surface area contributed by atoms with Gasteiger partial charge in [0, 0.05) is 50.7 Å².